The zero-order valence-corrected chi connectivity index (χ0v) is 22.4. The molecule has 5 heteroatoms. The number of carbonyl (C=O) groups is 1. The number of nitrogens with zero attached hydrogens (tertiary/aromatic N) is 4. The molecule has 6 aromatic rings. The van der Waals surface area contributed by atoms with E-state index in [9.17, 15) is 4.79 Å². The van der Waals surface area contributed by atoms with E-state index in [4.69, 9.17) is 10.1 Å². The molecule has 2 aromatic heterocycles. The van der Waals surface area contributed by atoms with Crippen LogP contribution in [0.4, 0.5) is 5.82 Å². The van der Waals surface area contributed by atoms with Gasteiger partial charge in [-0.25, -0.2) is 14.7 Å². The molecule has 0 saturated heterocycles. The van der Waals surface area contributed by atoms with Gasteiger partial charge in [0.15, 0.2) is 17.2 Å². The Labute approximate surface area is 238 Å². The molecule has 7 rings (SSSR count). The molecule has 3 unspecified atom stereocenters. The topological polar surface area (TPSA) is 60.1 Å². The maximum absolute atomic E-state index is 13.8. The first-order chi connectivity index (χ1) is 20.3. The highest BCUT2D eigenvalue weighted by molar-refractivity contribution is 6.05. The van der Waals surface area contributed by atoms with Gasteiger partial charge in [-0.15, -0.1) is 5.10 Å². The van der Waals surface area contributed by atoms with Gasteiger partial charge < -0.3 is 0 Å². The van der Waals surface area contributed by atoms with Crippen molar-refractivity contribution in [3.8, 4) is 0 Å². The van der Waals surface area contributed by atoms with E-state index in [1.165, 1.54) is 0 Å². The minimum absolute atomic E-state index is 0.114. The van der Waals surface area contributed by atoms with Gasteiger partial charge in [0.25, 0.3) is 0 Å². The molecule has 0 bridgehead atoms. The third-order valence-corrected chi connectivity index (χ3v) is 7.93. The van der Waals surface area contributed by atoms with Crippen molar-refractivity contribution in [2.75, 3.05) is 0 Å². The van der Waals surface area contributed by atoms with Gasteiger partial charge in [-0.2, -0.15) is 0 Å². The number of hydrogen-bond acceptors (Lipinski definition) is 4. The lowest BCUT2D eigenvalue weighted by Gasteiger charge is -2.31. The van der Waals surface area contributed by atoms with E-state index in [1.54, 1.807) is 6.20 Å². The van der Waals surface area contributed by atoms with Crippen LogP contribution in [0.1, 0.15) is 51.3 Å². The van der Waals surface area contributed by atoms with Crippen LogP contribution >= 0.6 is 0 Å². The molecular weight excluding hydrogens is 504 g/mol. The number of fused-ring (bicyclic) bond motifs is 3. The summed E-state index contributed by atoms with van der Waals surface area (Å²) >= 11 is 0. The number of carbonyl (C=O) groups excluding carboxylic acids is 1. The smallest absolute Gasteiger partial charge is 0.183 e. The Kier molecular flexibility index (Phi) is 6.53. The van der Waals surface area contributed by atoms with Gasteiger partial charge >= 0.3 is 0 Å². The second-order valence-corrected chi connectivity index (χ2v) is 10.4. The number of aromatic nitrogens is 3. The molecule has 3 atom stereocenters. The average molecular weight is 533 g/mol. The van der Waals surface area contributed by atoms with Crippen molar-refractivity contribution >= 4 is 28.3 Å². The van der Waals surface area contributed by atoms with Crippen molar-refractivity contribution in [3.63, 3.8) is 0 Å². The van der Waals surface area contributed by atoms with Gasteiger partial charge in [0.05, 0.1) is 11.1 Å². The molecule has 0 aliphatic carbocycles. The molecule has 0 saturated carbocycles. The van der Waals surface area contributed by atoms with Crippen LogP contribution in [0.5, 0.6) is 0 Å². The molecule has 41 heavy (non-hydrogen) atoms. The fraction of sp³-hybridized carbons (Fsp3) is 0.111. The molecule has 0 amide bonds. The quantitative estimate of drug-likeness (QED) is 0.187. The Hall–Kier alpha value is -5.16. The normalized spacial score (nSPS) is 15.7. The van der Waals surface area contributed by atoms with E-state index < -0.39 is 0 Å². The predicted molar refractivity (Wildman–Crippen MR) is 163 cm³/mol. The number of aliphatic imine (C=N–C) groups is 1. The maximum atomic E-state index is 13.8. The van der Waals surface area contributed by atoms with Crippen molar-refractivity contribution in [2.24, 2.45) is 4.99 Å². The number of benzene rings is 4. The molecule has 0 radical (unpaired) electrons. The highest BCUT2D eigenvalue weighted by Gasteiger charge is 2.41. The first-order valence-electron chi connectivity index (χ1n) is 13.9. The van der Waals surface area contributed by atoms with Crippen molar-refractivity contribution in [2.45, 2.75) is 24.3 Å². The van der Waals surface area contributed by atoms with E-state index in [0.29, 0.717) is 12.1 Å². The summed E-state index contributed by atoms with van der Waals surface area (Å²) in [7, 11) is 0. The standard InChI is InChI=1S/C36H28N4O/c41-31(26-16-7-2-8-17-26)24-30(25-14-5-1-6-15-25)32(27-18-9-3-10-19-27)33-34(28-20-11-4-12-21-28)40-36(38-33)29-22-13-23-37-35(29)39-40/h1-23,30,32,34H,24H2. The molecule has 4 aromatic carbocycles. The second-order valence-electron chi connectivity index (χ2n) is 10.4. The molecule has 0 spiro atoms. The van der Waals surface area contributed by atoms with Gasteiger partial charge in [0.2, 0.25) is 0 Å². The van der Waals surface area contributed by atoms with E-state index >= 15 is 0 Å². The summed E-state index contributed by atoms with van der Waals surface area (Å²) in [6, 6.07) is 44.5. The van der Waals surface area contributed by atoms with Crippen LogP contribution in [-0.4, -0.2) is 26.3 Å². The highest BCUT2D eigenvalue weighted by Crippen LogP contribution is 2.47. The van der Waals surface area contributed by atoms with Crippen molar-refractivity contribution < 1.29 is 4.79 Å². The molecule has 3 heterocycles. The number of ketones is 1. The Bertz CT molecular complexity index is 1830. The van der Waals surface area contributed by atoms with Gasteiger partial charge in [0, 0.05) is 30.0 Å². The molecule has 0 fully saturated rings. The first-order valence-corrected chi connectivity index (χ1v) is 13.9. The Balaban J connectivity index is 1.44. The molecular formula is C36H28N4O. The lowest BCUT2D eigenvalue weighted by Crippen LogP contribution is -2.29. The third kappa shape index (κ3) is 4.66. The van der Waals surface area contributed by atoms with Crippen LogP contribution in [0.15, 0.2) is 145 Å². The number of Topliss-reactive ketones (excluding diaryl/α,β-unsaturated/α-hetero) is 1. The lowest BCUT2D eigenvalue weighted by atomic mass is 9.73. The molecule has 0 N–H and O–H groups in total. The molecule has 198 valence electrons. The average Bonchev–Trinajstić information content (AvgIpc) is 3.58. The summed E-state index contributed by atoms with van der Waals surface area (Å²) < 4.78 is 2.01. The van der Waals surface area contributed by atoms with Crippen LogP contribution in [0.25, 0.3) is 11.0 Å². The van der Waals surface area contributed by atoms with Gasteiger partial charge in [-0.05, 0) is 28.8 Å². The summed E-state index contributed by atoms with van der Waals surface area (Å²) in [5.74, 6) is 0.594. The van der Waals surface area contributed by atoms with E-state index in [0.717, 1.165) is 39.2 Å². The molecule has 5 nitrogen and oxygen atoms in total. The summed E-state index contributed by atoms with van der Waals surface area (Å²) in [5.41, 5.74) is 5.70. The monoisotopic (exact) mass is 532 g/mol. The predicted octanol–water partition coefficient (Wildman–Crippen LogP) is 7.95. The third-order valence-electron chi connectivity index (χ3n) is 7.93. The van der Waals surface area contributed by atoms with Gasteiger partial charge in [0.1, 0.15) is 6.04 Å². The maximum Gasteiger partial charge on any atom is 0.183 e. The number of pyridine rings is 1. The largest absolute Gasteiger partial charge is 0.294 e. The van der Waals surface area contributed by atoms with Crippen molar-refractivity contribution in [1.82, 2.24) is 14.8 Å². The highest BCUT2D eigenvalue weighted by atomic mass is 16.1. The summed E-state index contributed by atoms with van der Waals surface area (Å²) in [4.78, 5) is 23.7. The van der Waals surface area contributed by atoms with Crippen molar-refractivity contribution in [3.05, 3.63) is 162 Å². The lowest BCUT2D eigenvalue weighted by molar-refractivity contribution is 0.0972. The van der Waals surface area contributed by atoms with Gasteiger partial charge in [-0.1, -0.05) is 121 Å². The SMILES string of the molecule is O=C(CC(c1ccccc1)C(C1=Nc2c3cccnc3nn2C1c1ccccc1)c1ccccc1)c1ccccc1. The van der Waals surface area contributed by atoms with Crippen LogP contribution in [0.2, 0.25) is 0 Å². The first kappa shape index (κ1) is 24.9. The Morgan fingerprint density at radius 2 is 1.32 bits per heavy atom. The van der Waals surface area contributed by atoms with Crippen LogP contribution in [-0.2, 0) is 0 Å². The zero-order valence-electron chi connectivity index (χ0n) is 22.4. The van der Waals surface area contributed by atoms with Crippen LogP contribution in [0, 0.1) is 0 Å². The van der Waals surface area contributed by atoms with E-state index in [1.807, 2.05) is 77.5 Å². The molecule has 1 aliphatic rings. The van der Waals surface area contributed by atoms with Crippen LogP contribution < -0.4 is 0 Å². The van der Waals surface area contributed by atoms with Gasteiger partial charge in [-0.3, -0.25) is 4.79 Å². The Morgan fingerprint density at radius 1 is 0.707 bits per heavy atom. The second kappa shape index (κ2) is 10.8. The zero-order chi connectivity index (χ0) is 27.6. The number of rotatable bonds is 8. The summed E-state index contributed by atoms with van der Waals surface area (Å²) in [6.45, 7) is 0. The van der Waals surface area contributed by atoms with E-state index in [2.05, 4.69) is 65.6 Å². The Morgan fingerprint density at radius 3 is 2.00 bits per heavy atom. The molecule has 1 aliphatic heterocycles. The minimum Gasteiger partial charge on any atom is -0.294 e. The fourth-order valence-corrected chi connectivity index (χ4v) is 6.05. The van der Waals surface area contributed by atoms with E-state index in [-0.39, 0.29) is 23.7 Å². The number of hydrogen-bond donors (Lipinski definition) is 0. The summed E-state index contributed by atoms with van der Waals surface area (Å²) in [6.07, 6.45) is 2.11. The van der Waals surface area contributed by atoms with Crippen LogP contribution in [0.3, 0.4) is 0 Å². The fourth-order valence-electron chi connectivity index (χ4n) is 6.05. The minimum atomic E-state index is -0.233. The van der Waals surface area contributed by atoms with Crippen molar-refractivity contribution in [1.29, 1.82) is 0 Å². The summed E-state index contributed by atoms with van der Waals surface area (Å²) in [5, 5.41) is 5.87.